The maximum absolute atomic E-state index is 12.4. The highest BCUT2D eigenvalue weighted by atomic mass is 16.5. The third-order valence-corrected chi connectivity index (χ3v) is 4.02. The molecule has 1 heterocycles. The first-order valence-corrected chi connectivity index (χ1v) is 6.94. The number of carbonyl (C=O) groups excluding carboxylic acids is 1. The highest BCUT2D eigenvalue weighted by molar-refractivity contribution is 5.83. The van der Waals surface area contributed by atoms with Gasteiger partial charge in [0.15, 0.2) is 0 Å². The van der Waals surface area contributed by atoms with Crippen LogP contribution in [0.3, 0.4) is 0 Å². The van der Waals surface area contributed by atoms with E-state index in [1.807, 2.05) is 0 Å². The molecule has 5 heteroatoms. The summed E-state index contributed by atoms with van der Waals surface area (Å²) in [6.45, 7) is 8.40. The smallest absolute Gasteiger partial charge is 0.227 e. The molecule has 0 aromatic rings. The van der Waals surface area contributed by atoms with Crippen molar-refractivity contribution in [2.75, 3.05) is 33.4 Å². The minimum Gasteiger partial charge on any atom is -0.381 e. The van der Waals surface area contributed by atoms with Gasteiger partial charge in [0.25, 0.3) is 0 Å². The van der Waals surface area contributed by atoms with Crippen molar-refractivity contribution in [3.63, 3.8) is 0 Å². The number of ether oxygens (including phenoxy) is 2. The van der Waals surface area contributed by atoms with E-state index >= 15 is 0 Å². The Balaban J connectivity index is 2.58. The van der Waals surface area contributed by atoms with Gasteiger partial charge >= 0.3 is 0 Å². The minimum absolute atomic E-state index is 0.00637. The molecule has 3 N–H and O–H groups in total. The Morgan fingerprint density at radius 1 is 1.42 bits per heavy atom. The fourth-order valence-electron chi connectivity index (χ4n) is 2.40. The van der Waals surface area contributed by atoms with Crippen molar-refractivity contribution >= 4 is 5.91 Å². The average Bonchev–Trinajstić information content (AvgIpc) is 2.38. The first-order chi connectivity index (χ1) is 8.85. The number of nitrogens with one attached hydrogen (secondary N) is 1. The van der Waals surface area contributed by atoms with Crippen molar-refractivity contribution in [2.45, 2.75) is 39.7 Å². The van der Waals surface area contributed by atoms with E-state index in [1.165, 1.54) is 0 Å². The Labute approximate surface area is 116 Å². The lowest BCUT2D eigenvalue weighted by molar-refractivity contribution is -0.136. The summed E-state index contributed by atoms with van der Waals surface area (Å²) in [6.07, 6.45) is 1.39. The van der Waals surface area contributed by atoms with Crippen LogP contribution in [0.15, 0.2) is 0 Å². The van der Waals surface area contributed by atoms with Crippen LogP contribution in [-0.4, -0.2) is 45.4 Å². The minimum atomic E-state index is -0.464. The third-order valence-electron chi connectivity index (χ3n) is 4.02. The molecule has 0 aromatic heterocycles. The van der Waals surface area contributed by atoms with E-state index in [1.54, 1.807) is 7.11 Å². The zero-order chi connectivity index (χ0) is 14.5. The first-order valence-electron chi connectivity index (χ1n) is 6.94. The molecule has 0 saturated carbocycles. The largest absolute Gasteiger partial charge is 0.381 e. The Morgan fingerprint density at radius 2 is 2.00 bits per heavy atom. The fourth-order valence-corrected chi connectivity index (χ4v) is 2.40. The molecule has 0 aliphatic carbocycles. The number of rotatable bonds is 5. The first kappa shape index (κ1) is 16.4. The molecule has 0 aromatic carbocycles. The van der Waals surface area contributed by atoms with Gasteiger partial charge < -0.3 is 20.5 Å². The lowest BCUT2D eigenvalue weighted by Crippen LogP contribution is -2.51. The van der Waals surface area contributed by atoms with Crippen molar-refractivity contribution in [2.24, 2.45) is 16.6 Å². The third kappa shape index (κ3) is 4.16. The number of hydrogen-bond acceptors (Lipinski definition) is 4. The highest BCUT2D eigenvalue weighted by Gasteiger charge is 2.39. The van der Waals surface area contributed by atoms with Crippen LogP contribution in [0.4, 0.5) is 0 Å². The number of nitrogens with two attached hydrogens (primary N) is 1. The molecule has 1 rings (SSSR count). The Morgan fingerprint density at radius 3 is 2.42 bits per heavy atom. The van der Waals surface area contributed by atoms with Gasteiger partial charge in [0.2, 0.25) is 5.91 Å². The summed E-state index contributed by atoms with van der Waals surface area (Å²) in [5.74, 6) is 0.0320. The van der Waals surface area contributed by atoms with Crippen molar-refractivity contribution < 1.29 is 14.3 Å². The van der Waals surface area contributed by atoms with Gasteiger partial charge in [0.05, 0.1) is 11.5 Å². The molecule has 1 fully saturated rings. The summed E-state index contributed by atoms with van der Waals surface area (Å²) in [6, 6.07) is 0. The molecule has 5 nitrogen and oxygen atoms in total. The number of amides is 1. The van der Waals surface area contributed by atoms with Gasteiger partial charge in [-0.15, -0.1) is 0 Å². The van der Waals surface area contributed by atoms with Crippen LogP contribution in [-0.2, 0) is 14.3 Å². The van der Waals surface area contributed by atoms with Gasteiger partial charge in [0.1, 0.15) is 0 Å². The van der Waals surface area contributed by atoms with Crippen LogP contribution in [0.1, 0.15) is 33.6 Å². The summed E-state index contributed by atoms with van der Waals surface area (Å²) < 4.78 is 10.8. The summed E-state index contributed by atoms with van der Waals surface area (Å²) >= 11 is 0. The van der Waals surface area contributed by atoms with Crippen molar-refractivity contribution in [1.82, 2.24) is 5.32 Å². The van der Waals surface area contributed by atoms with Gasteiger partial charge in [0, 0.05) is 33.4 Å². The lowest BCUT2D eigenvalue weighted by Gasteiger charge is -2.36. The zero-order valence-electron chi connectivity index (χ0n) is 12.6. The predicted molar refractivity (Wildman–Crippen MR) is 74.8 cm³/mol. The van der Waals surface area contributed by atoms with Gasteiger partial charge in [-0.05, 0) is 18.3 Å². The molecule has 0 bridgehead atoms. The van der Waals surface area contributed by atoms with Gasteiger partial charge in [-0.3, -0.25) is 4.79 Å². The second kappa shape index (κ2) is 6.68. The topological polar surface area (TPSA) is 73.6 Å². The summed E-state index contributed by atoms with van der Waals surface area (Å²) in [4.78, 5) is 12.4. The molecular weight excluding hydrogens is 244 g/mol. The van der Waals surface area contributed by atoms with Crippen molar-refractivity contribution in [3.05, 3.63) is 0 Å². The van der Waals surface area contributed by atoms with Crippen LogP contribution in [0, 0.1) is 10.8 Å². The normalized spacial score (nSPS) is 20.9. The molecule has 0 radical (unpaired) electrons. The van der Waals surface area contributed by atoms with E-state index in [0.717, 1.165) is 0 Å². The molecule has 19 heavy (non-hydrogen) atoms. The fraction of sp³-hybridized carbons (Fsp3) is 0.929. The molecule has 1 amide bonds. The standard InChI is InChI=1S/C14H28N2O3/c1-13(2,3)11(18-4)9-16-12(17)14(10-15)5-7-19-8-6-14/h11H,5-10,15H2,1-4H3,(H,16,17). The maximum Gasteiger partial charge on any atom is 0.227 e. The number of carbonyl (C=O) groups is 1. The van der Waals surface area contributed by atoms with Crippen molar-refractivity contribution in [1.29, 1.82) is 0 Å². The quantitative estimate of drug-likeness (QED) is 0.780. The van der Waals surface area contributed by atoms with E-state index in [2.05, 4.69) is 26.1 Å². The van der Waals surface area contributed by atoms with E-state index in [4.69, 9.17) is 15.2 Å². The van der Waals surface area contributed by atoms with E-state index in [0.29, 0.717) is 39.1 Å². The predicted octanol–water partition coefficient (Wildman–Crippen LogP) is 0.919. The zero-order valence-corrected chi connectivity index (χ0v) is 12.6. The Hall–Kier alpha value is -0.650. The van der Waals surface area contributed by atoms with Crippen LogP contribution >= 0.6 is 0 Å². The summed E-state index contributed by atoms with van der Waals surface area (Å²) in [5, 5.41) is 3.00. The van der Waals surface area contributed by atoms with Crippen LogP contribution < -0.4 is 11.1 Å². The van der Waals surface area contributed by atoms with E-state index in [-0.39, 0.29) is 17.4 Å². The van der Waals surface area contributed by atoms with Gasteiger partial charge in [-0.1, -0.05) is 20.8 Å². The molecule has 1 saturated heterocycles. The second-order valence-corrected chi connectivity index (χ2v) is 6.40. The maximum atomic E-state index is 12.4. The van der Waals surface area contributed by atoms with E-state index < -0.39 is 5.41 Å². The Bertz CT molecular complexity index is 294. The molecule has 1 aliphatic heterocycles. The SMILES string of the molecule is COC(CNC(=O)C1(CN)CCOCC1)C(C)(C)C. The van der Waals surface area contributed by atoms with Crippen molar-refractivity contribution in [3.8, 4) is 0 Å². The molecule has 1 aliphatic rings. The number of hydrogen-bond donors (Lipinski definition) is 2. The highest BCUT2D eigenvalue weighted by Crippen LogP contribution is 2.30. The van der Waals surface area contributed by atoms with Crippen LogP contribution in [0.2, 0.25) is 0 Å². The molecular formula is C14H28N2O3. The number of methoxy groups -OCH3 is 1. The van der Waals surface area contributed by atoms with Crippen LogP contribution in [0.25, 0.3) is 0 Å². The molecule has 0 spiro atoms. The Kier molecular flexibility index (Phi) is 5.77. The molecule has 1 unspecified atom stereocenters. The molecule has 1 atom stereocenters. The van der Waals surface area contributed by atoms with Crippen LogP contribution in [0.5, 0.6) is 0 Å². The summed E-state index contributed by atoms with van der Waals surface area (Å²) in [7, 11) is 1.68. The molecule has 112 valence electrons. The lowest BCUT2D eigenvalue weighted by atomic mass is 9.79. The summed E-state index contributed by atoms with van der Waals surface area (Å²) in [5.41, 5.74) is 5.35. The van der Waals surface area contributed by atoms with Gasteiger partial charge in [-0.25, -0.2) is 0 Å². The second-order valence-electron chi connectivity index (χ2n) is 6.40. The average molecular weight is 272 g/mol. The van der Waals surface area contributed by atoms with E-state index in [9.17, 15) is 4.79 Å². The monoisotopic (exact) mass is 272 g/mol. The van der Waals surface area contributed by atoms with Gasteiger partial charge in [-0.2, -0.15) is 0 Å².